The van der Waals surface area contributed by atoms with Crippen LogP contribution in [0, 0.1) is 0 Å². The van der Waals surface area contributed by atoms with Crippen molar-refractivity contribution in [3.8, 4) is 0 Å². The van der Waals surface area contributed by atoms with E-state index in [0.29, 0.717) is 50.4 Å². The molecule has 0 saturated carbocycles. The number of alkyl carbamates (subject to hydrolysis) is 1. The lowest BCUT2D eigenvalue weighted by Crippen LogP contribution is -2.35. The van der Waals surface area contributed by atoms with Crippen molar-refractivity contribution in [1.29, 1.82) is 0 Å². The monoisotopic (exact) mass is 864 g/mol. The number of allylic oxidation sites excluding steroid dienone is 1. The molecule has 0 aliphatic carbocycles. The number of rotatable bonds is 32. The number of carbonyl (C=O) groups is 3. The minimum atomic E-state index is -0.786. The molecule has 0 unspecified atom stereocenters. The van der Waals surface area contributed by atoms with Crippen molar-refractivity contribution >= 4 is 45.8 Å². The molecule has 348 valence electrons. The van der Waals surface area contributed by atoms with Gasteiger partial charge in [-0.3, -0.25) is 9.59 Å². The van der Waals surface area contributed by atoms with Gasteiger partial charge in [0, 0.05) is 24.8 Å². The molecule has 2 aromatic heterocycles. The van der Waals surface area contributed by atoms with Gasteiger partial charge in [0.2, 0.25) is 0 Å². The average molecular weight is 864 g/mol. The number of nitrogens with one attached hydrogen (secondary N) is 2. The lowest BCUT2D eigenvalue weighted by Gasteiger charge is -2.27. The zero-order valence-corrected chi connectivity index (χ0v) is 39.5. The van der Waals surface area contributed by atoms with Gasteiger partial charge in [-0.1, -0.05) is 95.6 Å². The molecule has 0 saturated heterocycles. The van der Waals surface area contributed by atoms with Gasteiger partial charge < -0.3 is 40.0 Å². The predicted molar refractivity (Wildman–Crippen MR) is 252 cm³/mol. The van der Waals surface area contributed by atoms with Crippen LogP contribution in [0.5, 0.6) is 0 Å². The van der Waals surface area contributed by atoms with Crippen molar-refractivity contribution in [3.63, 3.8) is 0 Å². The van der Waals surface area contributed by atoms with E-state index in [1.54, 1.807) is 0 Å². The van der Waals surface area contributed by atoms with E-state index in [9.17, 15) is 14.4 Å². The zero-order chi connectivity index (χ0) is 45.2. The fourth-order valence-corrected chi connectivity index (χ4v) is 7.54. The maximum atomic E-state index is 13.2. The molecule has 1 amide bonds. The molecule has 3 aromatic rings. The Kier molecular flexibility index (Phi) is 23.9. The molecule has 13 heteroatoms. The van der Waals surface area contributed by atoms with E-state index >= 15 is 0 Å². The van der Waals surface area contributed by atoms with Gasteiger partial charge in [-0.15, -0.1) is 0 Å². The summed E-state index contributed by atoms with van der Waals surface area (Å²) in [5.74, 6) is 0.893. The first-order chi connectivity index (χ1) is 29.7. The van der Waals surface area contributed by atoms with Crippen LogP contribution < -0.4 is 16.4 Å². The third kappa shape index (κ3) is 20.8. The van der Waals surface area contributed by atoms with Crippen LogP contribution in [0.2, 0.25) is 0 Å². The number of amides is 1. The van der Waals surface area contributed by atoms with Gasteiger partial charge in [-0.05, 0) is 112 Å². The first-order valence-corrected chi connectivity index (χ1v) is 23.7. The molecular formula is C49H81N7O6. The van der Waals surface area contributed by atoms with Crippen LogP contribution >= 0.6 is 0 Å². The highest BCUT2D eigenvalue weighted by Gasteiger charge is 2.27. The summed E-state index contributed by atoms with van der Waals surface area (Å²) in [4.78, 5) is 49.4. The third-order valence-corrected chi connectivity index (χ3v) is 10.7. The van der Waals surface area contributed by atoms with Crippen LogP contribution in [0.3, 0.4) is 0 Å². The molecule has 0 radical (unpaired) electrons. The summed E-state index contributed by atoms with van der Waals surface area (Å²) in [5.41, 5.74) is 7.43. The minimum Gasteiger partial charge on any atom is -0.461 e. The van der Waals surface area contributed by atoms with Crippen LogP contribution in [-0.4, -0.2) is 88.0 Å². The number of fused-ring (bicyclic) bond motifs is 3. The molecule has 0 bridgehead atoms. The second kappa shape index (κ2) is 28.5. The predicted octanol–water partition coefficient (Wildman–Crippen LogP) is 10.2. The fourth-order valence-electron chi connectivity index (χ4n) is 7.54. The van der Waals surface area contributed by atoms with Gasteiger partial charge in [0.05, 0.1) is 24.1 Å². The van der Waals surface area contributed by atoms with Crippen LogP contribution in [0.15, 0.2) is 36.4 Å². The van der Waals surface area contributed by atoms with Crippen molar-refractivity contribution < 1.29 is 28.6 Å². The van der Waals surface area contributed by atoms with E-state index in [2.05, 4.69) is 45.0 Å². The molecule has 0 aliphatic heterocycles. The SMILES string of the molecule is CCCCCC/C=C/COC(=O)CCCCCCCCN(CCCCCC(=O)OC(C)(C)Cn1c(CNCC)nc2c(N)nc3ccccc3c21)CCCNC(=O)OC(C)(C)C. The Bertz CT molecular complexity index is 1800. The smallest absolute Gasteiger partial charge is 0.407 e. The largest absolute Gasteiger partial charge is 0.461 e. The Labute approximate surface area is 372 Å². The van der Waals surface area contributed by atoms with E-state index in [4.69, 9.17) is 24.9 Å². The van der Waals surface area contributed by atoms with E-state index in [-0.39, 0.29) is 18.0 Å². The number of carbonyl (C=O) groups excluding carboxylic acids is 3. The maximum absolute atomic E-state index is 13.2. The highest BCUT2D eigenvalue weighted by molar-refractivity contribution is 6.06. The first-order valence-electron chi connectivity index (χ1n) is 23.7. The first kappa shape index (κ1) is 52.1. The normalized spacial score (nSPS) is 12.2. The number of nitrogens with zero attached hydrogens (tertiary/aromatic N) is 4. The van der Waals surface area contributed by atoms with Gasteiger partial charge in [0.15, 0.2) is 5.82 Å². The number of nitrogen functional groups attached to an aromatic ring is 1. The number of nitrogens with two attached hydrogens (primary N) is 1. The molecular weight excluding hydrogens is 783 g/mol. The molecule has 62 heavy (non-hydrogen) atoms. The lowest BCUT2D eigenvalue weighted by molar-refractivity contribution is -0.157. The standard InChI is InChI=1S/C49H81N7O6/c1-8-10-11-12-15-18-26-36-60-42(57)30-20-16-13-14-17-24-33-55(35-27-32-52-47(59)62-48(3,4)5)34-25-19-21-31-43(58)61-49(6,7)38-56-41(37-51-9-2)54-44-45(56)39-28-22-23-29-40(39)53-46(44)50/h18,22-23,26,28-29,51H,8-17,19-21,24-25,27,30-38H2,1-7H3,(H2,50,53)(H,52,59)/b26-18+. The molecule has 3 rings (SSSR count). The summed E-state index contributed by atoms with van der Waals surface area (Å²) in [7, 11) is 0. The summed E-state index contributed by atoms with van der Waals surface area (Å²) in [6.45, 7) is 19.2. The third-order valence-electron chi connectivity index (χ3n) is 10.7. The summed E-state index contributed by atoms with van der Waals surface area (Å²) in [5, 5.41) is 7.22. The van der Waals surface area contributed by atoms with Crippen molar-refractivity contribution in [2.75, 3.05) is 45.1 Å². The van der Waals surface area contributed by atoms with Gasteiger partial charge in [0.25, 0.3) is 0 Å². The van der Waals surface area contributed by atoms with Gasteiger partial charge in [0.1, 0.15) is 29.2 Å². The van der Waals surface area contributed by atoms with Gasteiger partial charge in [-0.2, -0.15) is 0 Å². The molecule has 0 fully saturated rings. The lowest BCUT2D eigenvalue weighted by atomic mass is 10.1. The number of anilines is 1. The molecule has 13 nitrogen and oxygen atoms in total. The van der Waals surface area contributed by atoms with E-state index in [0.717, 1.165) is 119 Å². The molecule has 0 atom stereocenters. The topological polar surface area (TPSA) is 163 Å². The molecule has 4 N–H and O–H groups in total. The Morgan fingerprint density at radius 2 is 1.42 bits per heavy atom. The minimum absolute atomic E-state index is 0.106. The quantitative estimate of drug-likeness (QED) is 0.0237. The number of imidazole rings is 1. The number of hydrogen-bond donors (Lipinski definition) is 3. The van der Waals surface area contributed by atoms with E-state index < -0.39 is 11.2 Å². The number of pyridine rings is 1. The highest BCUT2D eigenvalue weighted by atomic mass is 16.6. The van der Waals surface area contributed by atoms with Crippen molar-refractivity contribution in [1.82, 2.24) is 30.1 Å². The van der Waals surface area contributed by atoms with Crippen molar-refractivity contribution in [3.05, 3.63) is 42.2 Å². The fraction of sp³-hybridized carbons (Fsp3) is 0.694. The van der Waals surface area contributed by atoms with Crippen LogP contribution in [0.1, 0.15) is 163 Å². The van der Waals surface area contributed by atoms with Crippen LogP contribution in [-0.2, 0) is 36.9 Å². The zero-order valence-electron chi connectivity index (χ0n) is 39.5. The van der Waals surface area contributed by atoms with Crippen molar-refractivity contribution in [2.24, 2.45) is 0 Å². The number of para-hydroxylation sites is 1. The maximum Gasteiger partial charge on any atom is 0.407 e. The number of hydrogen-bond acceptors (Lipinski definition) is 11. The van der Waals surface area contributed by atoms with Gasteiger partial charge >= 0.3 is 18.0 Å². The summed E-state index contributed by atoms with van der Waals surface area (Å²) in [6, 6.07) is 7.91. The highest BCUT2D eigenvalue weighted by Crippen LogP contribution is 2.31. The number of ether oxygens (including phenoxy) is 3. The summed E-state index contributed by atoms with van der Waals surface area (Å²) < 4.78 is 19.0. The van der Waals surface area contributed by atoms with E-state index in [1.807, 2.05) is 65.0 Å². The molecule has 0 spiro atoms. The Morgan fingerprint density at radius 3 is 2.13 bits per heavy atom. The van der Waals surface area contributed by atoms with Gasteiger partial charge in [-0.25, -0.2) is 14.8 Å². The number of esters is 2. The molecule has 2 heterocycles. The second-order valence-electron chi connectivity index (χ2n) is 18.1. The van der Waals surface area contributed by atoms with E-state index in [1.165, 1.54) is 25.7 Å². The second-order valence-corrected chi connectivity index (χ2v) is 18.1. The summed E-state index contributed by atoms with van der Waals surface area (Å²) in [6.07, 6.45) is 20.4. The Balaban J connectivity index is 1.41. The Morgan fingerprint density at radius 1 is 0.774 bits per heavy atom. The number of unbranched alkanes of at least 4 members (excludes halogenated alkanes) is 11. The average Bonchev–Trinajstić information content (AvgIpc) is 3.57. The molecule has 1 aromatic carbocycles. The summed E-state index contributed by atoms with van der Waals surface area (Å²) >= 11 is 0. The van der Waals surface area contributed by atoms with Crippen LogP contribution in [0.4, 0.5) is 10.6 Å². The Hall–Kier alpha value is -4.23. The number of aromatic nitrogens is 3. The number of benzene rings is 1. The van der Waals surface area contributed by atoms with Crippen molar-refractivity contribution in [2.45, 2.75) is 182 Å². The molecule has 0 aliphatic rings. The van der Waals surface area contributed by atoms with Crippen LogP contribution in [0.25, 0.3) is 21.9 Å².